The van der Waals surface area contributed by atoms with Gasteiger partial charge in [-0.1, -0.05) is 13.8 Å². The molecule has 72 valence electrons. The molecule has 0 fully saturated rings. The molecule has 0 radical (unpaired) electrons. The Morgan fingerprint density at radius 1 is 1.42 bits per heavy atom. The lowest BCUT2D eigenvalue weighted by atomic mass is 9.96. The zero-order valence-corrected chi connectivity index (χ0v) is 8.14. The van der Waals surface area contributed by atoms with Gasteiger partial charge in [-0.05, 0) is 0 Å². The van der Waals surface area contributed by atoms with Gasteiger partial charge in [0.25, 0.3) is 0 Å². The lowest BCUT2D eigenvalue weighted by molar-refractivity contribution is 0.0413. The average Bonchev–Trinajstić information content (AvgIpc) is 2.00. The molecule has 0 aromatic heterocycles. The molecule has 4 nitrogen and oxygen atoms in total. The Kier molecular flexibility index (Phi) is 4.66. The summed E-state index contributed by atoms with van der Waals surface area (Å²) >= 11 is 0. The maximum atomic E-state index is 10.7. The van der Waals surface area contributed by atoms with E-state index in [-0.39, 0.29) is 5.41 Å². The highest BCUT2D eigenvalue weighted by molar-refractivity contribution is 5.66. The van der Waals surface area contributed by atoms with Gasteiger partial charge in [0.15, 0.2) is 0 Å². The highest BCUT2D eigenvalue weighted by Crippen LogP contribution is 2.15. The molecule has 0 saturated carbocycles. The summed E-state index contributed by atoms with van der Waals surface area (Å²) in [7, 11) is 3.16. The summed E-state index contributed by atoms with van der Waals surface area (Å²) in [4.78, 5) is 10.7. The first-order valence-corrected chi connectivity index (χ1v) is 3.85. The van der Waals surface area contributed by atoms with Crippen LogP contribution in [0.2, 0.25) is 0 Å². The minimum absolute atomic E-state index is 0.124. The molecule has 0 atom stereocenters. The predicted molar refractivity (Wildman–Crippen MR) is 46.1 cm³/mol. The lowest BCUT2D eigenvalue weighted by Crippen LogP contribution is -2.29. The van der Waals surface area contributed by atoms with Gasteiger partial charge < -0.3 is 14.8 Å². The Morgan fingerprint density at radius 3 is 2.42 bits per heavy atom. The maximum absolute atomic E-state index is 10.7. The van der Waals surface area contributed by atoms with Crippen LogP contribution in [0.4, 0.5) is 4.79 Å². The maximum Gasteiger partial charge on any atom is 0.406 e. The Hall–Kier alpha value is -0.770. The van der Waals surface area contributed by atoms with Gasteiger partial charge in [0, 0.05) is 19.6 Å². The van der Waals surface area contributed by atoms with E-state index >= 15 is 0 Å². The van der Waals surface area contributed by atoms with Crippen molar-refractivity contribution in [2.24, 2.45) is 5.41 Å². The summed E-state index contributed by atoms with van der Waals surface area (Å²) in [6.07, 6.45) is -0.404. The number of rotatable bonds is 4. The summed E-state index contributed by atoms with van der Waals surface area (Å²) in [5, 5.41) is 2.38. The molecular formula is C8H17NO3. The first-order chi connectivity index (χ1) is 5.52. The van der Waals surface area contributed by atoms with Gasteiger partial charge in [-0.15, -0.1) is 0 Å². The molecular weight excluding hydrogens is 158 g/mol. The number of ether oxygens (including phenoxy) is 2. The average molecular weight is 175 g/mol. The first-order valence-electron chi connectivity index (χ1n) is 3.85. The molecule has 0 aliphatic carbocycles. The third-order valence-corrected chi connectivity index (χ3v) is 1.33. The molecule has 0 rings (SSSR count). The molecule has 12 heavy (non-hydrogen) atoms. The zero-order chi connectivity index (χ0) is 9.61. The van der Waals surface area contributed by atoms with E-state index < -0.39 is 6.09 Å². The van der Waals surface area contributed by atoms with Gasteiger partial charge in [-0.25, -0.2) is 4.79 Å². The molecule has 0 saturated heterocycles. The van der Waals surface area contributed by atoms with Crippen molar-refractivity contribution in [1.29, 1.82) is 0 Å². The fourth-order valence-electron chi connectivity index (χ4n) is 0.765. The van der Waals surface area contributed by atoms with E-state index in [4.69, 9.17) is 9.47 Å². The number of hydrogen-bond acceptors (Lipinski definition) is 3. The van der Waals surface area contributed by atoms with E-state index in [0.29, 0.717) is 13.2 Å². The van der Waals surface area contributed by atoms with Crippen LogP contribution < -0.4 is 5.32 Å². The quantitative estimate of drug-likeness (QED) is 0.693. The van der Waals surface area contributed by atoms with Crippen molar-refractivity contribution in [2.45, 2.75) is 13.8 Å². The van der Waals surface area contributed by atoms with Gasteiger partial charge in [-0.3, -0.25) is 0 Å². The SMILES string of the molecule is CNC(=O)OCC(C)(C)COC. The van der Waals surface area contributed by atoms with E-state index in [2.05, 4.69) is 5.32 Å². The van der Waals surface area contributed by atoms with Gasteiger partial charge in [0.05, 0.1) is 6.61 Å². The monoisotopic (exact) mass is 175 g/mol. The molecule has 4 heteroatoms. The smallest absolute Gasteiger partial charge is 0.406 e. The van der Waals surface area contributed by atoms with Gasteiger partial charge in [0.1, 0.15) is 6.61 Å². The molecule has 0 aliphatic rings. The summed E-state index contributed by atoms with van der Waals surface area (Å²) in [5.74, 6) is 0. The summed E-state index contributed by atoms with van der Waals surface area (Å²) in [6, 6.07) is 0. The molecule has 1 amide bonds. The fourth-order valence-corrected chi connectivity index (χ4v) is 0.765. The third-order valence-electron chi connectivity index (χ3n) is 1.33. The molecule has 0 heterocycles. The number of nitrogens with one attached hydrogen (secondary N) is 1. The predicted octanol–water partition coefficient (Wildman–Crippen LogP) is 1.01. The van der Waals surface area contributed by atoms with Gasteiger partial charge in [0.2, 0.25) is 0 Å². The number of methoxy groups -OCH3 is 1. The molecule has 0 aromatic carbocycles. The van der Waals surface area contributed by atoms with Crippen LogP contribution in [0.5, 0.6) is 0 Å². The van der Waals surface area contributed by atoms with Crippen molar-refractivity contribution in [3.05, 3.63) is 0 Å². The molecule has 0 aromatic rings. The number of amides is 1. The number of hydrogen-bond donors (Lipinski definition) is 1. The van der Waals surface area contributed by atoms with E-state index in [1.54, 1.807) is 7.11 Å². The van der Waals surface area contributed by atoms with Crippen molar-refractivity contribution in [3.8, 4) is 0 Å². The zero-order valence-electron chi connectivity index (χ0n) is 8.14. The Balaban J connectivity index is 3.67. The Morgan fingerprint density at radius 2 is 2.00 bits per heavy atom. The Labute approximate surface area is 73.2 Å². The lowest BCUT2D eigenvalue weighted by Gasteiger charge is -2.22. The second kappa shape index (κ2) is 4.98. The third kappa shape index (κ3) is 4.96. The number of carbonyl (C=O) groups is 1. The largest absolute Gasteiger partial charge is 0.449 e. The summed E-state index contributed by atoms with van der Waals surface area (Å²) in [6.45, 7) is 4.88. The van der Waals surface area contributed by atoms with Gasteiger partial charge >= 0.3 is 6.09 Å². The highest BCUT2D eigenvalue weighted by Gasteiger charge is 2.19. The molecule has 0 unspecified atom stereocenters. The summed E-state index contributed by atoms with van der Waals surface area (Å²) in [5.41, 5.74) is -0.124. The van der Waals surface area contributed by atoms with Crippen LogP contribution in [-0.2, 0) is 9.47 Å². The van der Waals surface area contributed by atoms with E-state index in [0.717, 1.165) is 0 Å². The van der Waals surface area contributed by atoms with Crippen molar-refractivity contribution in [2.75, 3.05) is 27.4 Å². The standard InChI is InChI=1S/C8H17NO3/c1-8(2,5-11-4)6-12-7(10)9-3/h5-6H2,1-4H3,(H,9,10). The van der Waals surface area contributed by atoms with E-state index in [1.165, 1.54) is 7.05 Å². The van der Waals surface area contributed by atoms with Crippen LogP contribution in [0.25, 0.3) is 0 Å². The van der Waals surface area contributed by atoms with Crippen LogP contribution >= 0.6 is 0 Å². The minimum Gasteiger partial charge on any atom is -0.449 e. The van der Waals surface area contributed by atoms with Gasteiger partial charge in [-0.2, -0.15) is 0 Å². The minimum atomic E-state index is -0.404. The second-order valence-electron chi connectivity index (χ2n) is 3.42. The topological polar surface area (TPSA) is 47.6 Å². The molecule has 1 N–H and O–H groups in total. The Bertz CT molecular complexity index is 145. The van der Waals surface area contributed by atoms with Crippen LogP contribution in [0.1, 0.15) is 13.8 Å². The van der Waals surface area contributed by atoms with E-state index in [9.17, 15) is 4.79 Å². The van der Waals surface area contributed by atoms with E-state index in [1.807, 2.05) is 13.8 Å². The summed E-state index contributed by atoms with van der Waals surface area (Å²) < 4.78 is 9.84. The second-order valence-corrected chi connectivity index (χ2v) is 3.42. The van der Waals surface area contributed by atoms with Crippen LogP contribution in [0.3, 0.4) is 0 Å². The molecule has 0 bridgehead atoms. The fraction of sp³-hybridized carbons (Fsp3) is 0.875. The van der Waals surface area contributed by atoms with Crippen molar-refractivity contribution < 1.29 is 14.3 Å². The van der Waals surface area contributed by atoms with Crippen LogP contribution in [0, 0.1) is 5.41 Å². The first kappa shape index (κ1) is 11.2. The number of carbonyl (C=O) groups excluding carboxylic acids is 1. The van der Waals surface area contributed by atoms with Crippen LogP contribution in [0.15, 0.2) is 0 Å². The highest BCUT2D eigenvalue weighted by atomic mass is 16.5. The molecule has 0 spiro atoms. The van der Waals surface area contributed by atoms with Crippen LogP contribution in [-0.4, -0.2) is 33.5 Å². The van der Waals surface area contributed by atoms with Crippen molar-refractivity contribution >= 4 is 6.09 Å². The van der Waals surface area contributed by atoms with Crippen molar-refractivity contribution in [1.82, 2.24) is 5.32 Å². The van der Waals surface area contributed by atoms with Crippen molar-refractivity contribution in [3.63, 3.8) is 0 Å². The molecule has 0 aliphatic heterocycles. The number of alkyl carbamates (subject to hydrolysis) is 1. The normalized spacial score (nSPS) is 11.0.